The zero-order chi connectivity index (χ0) is 19.6. The molecular weight excluding hydrogens is 348 g/mol. The molecule has 0 aliphatic rings. The minimum absolute atomic E-state index is 0.0529. The van der Waals surface area contributed by atoms with Gasteiger partial charge in [0.15, 0.2) is 17.5 Å². The van der Waals surface area contributed by atoms with Crippen LogP contribution in [0.3, 0.4) is 0 Å². The van der Waals surface area contributed by atoms with Gasteiger partial charge in [0.1, 0.15) is 0 Å². The SMILES string of the molecule is CCNC(=NCc1cccc([N+](=O)[O-])c1)Nc1ccc(OC)c(OCC)c1. The highest BCUT2D eigenvalue weighted by Crippen LogP contribution is 2.30. The number of methoxy groups -OCH3 is 1. The maximum atomic E-state index is 10.9. The van der Waals surface area contributed by atoms with Gasteiger partial charge < -0.3 is 20.1 Å². The lowest BCUT2D eigenvalue weighted by atomic mass is 10.2. The van der Waals surface area contributed by atoms with Gasteiger partial charge >= 0.3 is 0 Å². The summed E-state index contributed by atoms with van der Waals surface area (Å²) in [5, 5.41) is 17.3. The summed E-state index contributed by atoms with van der Waals surface area (Å²) in [6.45, 7) is 5.38. The monoisotopic (exact) mass is 372 g/mol. The minimum atomic E-state index is -0.413. The van der Waals surface area contributed by atoms with E-state index in [9.17, 15) is 10.1 Å². The van der Waals surface area contributed by atoms with Crippen molar-refractivity contribution in [3.8, 4) is 11.5 Å². The minimum Gasteiger partial charge on any atom is -0.493 e. The van der Waals surface area contributed by atoms with Gasteiger partial charge in [0.25, 0.3) is 5.69 Å². The lowest BCUT2D eigenvalue weighted by Crippen LogP contribution is -2.30. The Labute approximate surface area is 158 Å². The summed E-state index contributed by atoms with van der Waals surface area (Å²) in [6, 6.07) is 12.0. The Morgan fingerprint density at radius 1 is 1.19 bits per heavy atom. The first-order valence-electron chi connectivity index (χ1n) is 8.66. The fraction of sp³-hybridized carbons (Fsp3) is 0.316. The average Bonchev–Trinajstić information content (AvgIpc) is 2.67. The summed E-state index contributed by atoms with van der Waals surface area (Å²) in [5.41, 5.74) is 1.60. The second kappa shape index (κ2) is 10.0. The molecule has 8 heteroatoms. The number of benzene rings is 2. The second-order valence-electron chi connectivity index (χ2n) is 5.55. The van der Waals surface area contributed by atoms with E-state index in [1.54, 1.807) is 19.2 Å². The molecule has 0 heterocycles. The molecule has 0 bridgehead atoms. The molecule has 0 saturated heterocycles. The van der Waals surface area contributed by atoms with Gasteiger partial charge in [-0.1, -0.05) is 12.1 Å². The van der Waals surface area contributed by atoms with Gasteiger partial charge in [-0.3, -0.25) is 10.1 Å². The van der Waals surface area contributed by atoms with E-state index in [4.69, 9.17) is 9.47 Å². The molecule has 2 aromatic rings. The van der Waals surface area contributed by atoms with Gasteiger partial charge in [-0.2, -0.15) is 0 Å². The molecule has 0 spiro atoms. The van der Waals surface area contributed by atoms with Gasteiger partial charge in [-0.25, -0.2) is 4.99 Å². The largest absolute Gasteiger partial charge is 0.493 e. The number of guanidine groups is 1. The zero-order valence-electron chi connectivity index (χ0n) is 15.7. The highest BCUT2D eigenvalue weighted by molar-refractivity contribution is 5.93. The summed E-state index contributed by atoms with van der Waals surface area (Å²) < 4.78 is 10.9. The molecular formula is C19H24N4O4. The van der Waals surface area contributed by atoms with E-state index in [-0.39, 0.29) is 5.69 Å². The lowest BCUT2D eigenvalue weighted by Gasteiger charge is -2.14. The molecule has 2 aromatic carbocycles. The molecule has 0 aliphatic carbocycles. The summed E-state index contributed by atoms with van der Waals surface area (Å²) in [4.78, 5) is 15.0. The first-order chi connectivity index (χ1) is 13.1. The molecule has 0 amide bonds. The Bertz CT molecular complexity index is 808. The average molecular weight is 372 g/mol. The van der Waals surface area contributed by atoms with Crippen LogP contribution >= 0.6 is 0 Å². The van der Waals surface area contributed by atoms with Gasteiger partial charge in [0.05, 0.1) is 25.2 Å². The van der Waals surface area contributed by atoms with Crippen LogP contribution in [0.5, 0.6) is 11.5 Å². The van der Waals surface area contributed by atoms with Crippen LogP contribution in [0, 0.1) is 10.1 Å². The fourth-order valence-corrected chi connectivity index (χ4v) is 2.41. The molecule has 2 rings (SSSR count). The lowest BCUT2D eigenvalue weighted by molar-refractivity contribution is -0.384. The molecule has 0 aliphatic heterocycles. The van der Waals surface area contributed by atoms with Crippen LogP contribution in [0.25, 0.3) is 0 Å². The summed E-state index contributed by atoms with van der Waals surface area (Å²) in [7, 11) is 1.59. The maximum Gasteiger partial charge on any atom is 0.269 e. The Morgan fingerprint density at radius 3 is 2.67 bits per heavy atom. The van der Waals surface area contributed by atoms with Gasteiger partial charge in [0, 0.05) is 30.4 Å². The Morgan fingerprint density at radius 2 is 2.00 bits per heavy atom. The van der Waals surface area contributed by atoms with Crippen molar-refractivity contribution in [2.75, 3.05) is 25.6 Å². The van der Waals surface area contributed by atoms with Crippen molar-refractivity contribution < 1.29 is 14.4 Å². The number of nitro benzene ring substituents is 1. The van der Waals surface area contributed by atoms with E-state index in [1.165, 1.54) is 12.1 Å². The number of anilines is 1. The predicted molar refractivity (Wildman–Crippen MR) is 106 cm³/mol. The summed E-state index contributed by atoms with van der Waals surface area (Å²) in [6.07, 6.45) is 0. The number of nitro groups is 1. The van der Waals surface area contributed by atoms with Crippen LogP contribution in [-0.4, -0.2) is 31.1 Å². The van der Waals surface area contributed by atoms with Crippen molar-refractivity contribution in [3.63, 3.8) is 0 Å². The van der Waals surface area contributed by atoms with E-state index in [0.717, 1.165) is 11.3 Å². The quantitative estimate of drug-likeness (QED) is 0.318. The van der Waals surface area contributed by atoms with Gasteiger partial charge in [0.2, 0.25) is 0 Å². The molecule has 8 nitrogen and oxygen atoms in total. The number of rotatable bonds is 8. The third-order valence-electron chi connectivity index (χ3n) is 3.61. The second-order valence-corrected chi connectivity index (χ2v) is 5.55. The van der Waals surface area contributed by atoms with E-state index < -0.39 is 4.92 Å². The number of aliphatic imine (C=N–C) groups is 1. The number of nitrogens with one attached hydrogen (secondary N) is 2. The van der Waals surface area contributed by atoms with Crippen LogP contribution in [0.4, 0.5) is 11.4 Å². The number of ether oxygens (including phenoxy) is 2. The van der Waals surface area contributed by atoms with Gasteiger partial charge in [-0.15, -0.1) is 0 Å². The summed E-state index contributed by atoms with van der Waals surface area (Å²) in [5.74, 6) is 1.86. The van der Waals surface area contributed by atoms with Crippen molar-refractivity contribution in [1.82, 2.24) is 5.32 Å². The molecule has 0 atom stereocenters. The standard InChI is InChI=1S/C19H24N4O4/c1-4-20-19(21-13-14-7-6-8-16(11-14)23(24)25)22-15-9-10-17(26-3)18(12-15)27-5-2/h6-12H,4-5,13H2,1-3H3,(H2,20,21,22). The van der Waals surface area contributed by atoms with Gasteiger partial charge in [-0.05, 0) is 31.5 Å². The normalized spacial score (nSPS) is 11.0. The van der Waals surface area contributed by atoms with E-state index in [1.807, 2.05) is 32.0 Å². The number of non-ortho nitro benzene ring substituents is 1. The van der Waals surface area contributed by atoms with Crippen LogP contribution in [0.1, 0.15) is 19.4 Å². The van der Waals surface area contributed by atoms with Crippen molar-refractivity contribution in [3.05, 3.63) is 58.1 Å². The van der Waals surface area contributed by atoms with Crippen molar-refractivity contribution >= 4 is 17.3 Å². The smallest absolute Gasteiger partial charge is 0.269 e. The molecule has 0 aromatic heterocycles. The molecule has 0 unspecified atom stereocenters. The van der Waals surface area contributed by atoms with Crippen molar-refractivity contribution in [1.29, 1.82) is 0 Å². The number of hydrogen-bond donors (Lipinski definition) is 2. The molecule has 0 radical (unpaired) electrons. The topological polar surface area (TPSA) is 98.0 Å². The van der Waals surface area contributed by atoms with Crippen molar-refractivity contribution in [2.45, 2.75) is 20.4 Å². The Balaban J connectivity index is 2.17. The fourth-order valence-electron chi connectivity index (χ4n) is 2.41. The van der Waals surface area contributed by atoms with E-state index >= 15 is 0 Å². The van der Waals surface area contributed by atoms with Crippen LogP contribution in [0.2, 0.25) is 0 Å². The first kappa shape index (κ1) is 20.0. The molecule has 0 saturated carbocycles. The highest BCUT2D eigenvalue weighted by atomic mass is 16.6. The first-order valence-corrected chi connectivity index (χ1v) is 8.66. The Kier molecular flexibility index (Phi) is 7.42. The number of hydrogen-bond acceptors (Lipinski definition) is 5. The third-order valence-corrected chi connectivity index (χ3v) is 3.61. The van der Waals surface area contributed by atoms with Crippen LogP contribution in [0.15, 0.2) is 47.5 Å². The van der Waals surface area contributed by atoms with Crippen molar-refractivity contribution in [2.24, 2.45) is 4.99 Å². The number of nitrogens with zero attached hydrogens (tertiary/aromatic N) is 2. The van der Waals surface area contributed by atoms with E-state index in [0.29, 0.717) is 37.2 Å². The maximum absolute atomic E-state index is 10.9. The zero-order valence-corrected chi connectivity index (χ0v) is 15.7. The third kappa shape index (κ3) is 5.88. The van der Waals surface area contributed by atoms with Crippen LogP contribution in [-0.2, 0) is 6.54 Å². The predicted octanol–water partition coefficient (Wildman–Crippen LogP) is 3.58. The van der Waals surface area contributed by atoms with Crippen LogP contribution < -0.4 is 20.1 Å². The Hall–Kier alpha value is -3.29. The van der Waals surface area contributed by atoms with E-state index in [2.05, 4.69) is 15.6 Å². The molecule has 0 fully saturated rings. The molecule has 144 valence electrons. The highest BCUT2D eigenvalue weighted by Gasteiger charge is 2.08. The summed E-state index contributed by atoms with van der Waals surface area (Å²) >= 11 is 0. The molecule has 2 N–H and O–H groups in total. The molecule has 27 heavy (non-hydrogen) atoms.